The number of aromatic nitrogens is 3. The summed E-state index contributed by atoms with van der Waals surface area (Å²) in [7, 11) is 1.70. The molecule has 2 N–H and O–H groups in total. The van der Waals surface area contributed by atoms with Gasteiger partial charge in [-0.25, -0.2) is 8.91 Å². The zero-order valence-corrected chi connectivity index (χ0v) is 15.8. The van der Waals surface area contributed by atoms with Crippen molar-refractivity contribution >= 4 is 22.9 Å². The first-order valence-corrected chi connectivity index (χ1v) is 9.35. The zero-order valence-electron chi connectivity index (χ0n) is 15.0. The highest BCUT2D eigenvalue weighted by Gasteiger charge is 2.29. The molecule has 0 aliphatic carbocycles. The van der Waals surface area contributed by atoms with E-state index in [1.165, 1.54) is 22.8 Å². The zero-order chi connectivity index (χ0) is 19.1. The predicted octanol–water partition coefficient (Wildman–Crippen LogP) is 2.34. The third-order valence-corrected chi connectivity index (χ3v) is 5.61. The monoisotopic (exact) mass is 389 g/mol. The summed E-state index contributed by atoms with van der Waals surface area (Å²) in [5, 5.41) is 5.14. The van der Waals surface area contributed by atoms with Crippen LogP contribution in [0.25, 0.3) is 5.52 Å². The second-order valence-electron chi connectivity index (χ2n) is 6.95. The maximum Gasteiger partial charge on any atom is 0.276 e. The Morgan fingerprint density at radius 3 is 2.96 bits per heavy atom. The maximum atomic E-state index is 13.8. The van der Waals surface area contributed by atoms with Crippen molar-refractivity contribution in [2.45, 2.75) is 25.3 Å². The van der Waals surface area contributed by atoms with Crippen LogP contribution in [0.2, 0.25) is 5.02 Å². The van der Waals surface area contributed by atoms with Gasteiger partial charge in [-0.1, -0.05) is 11.6 Å². The van der Waals surface area contributed by atoms with Gasteiger partial charge in [-0.3, -0.25) is 4.79 Å². The number of hydrogen-bond acceptors (Lipinski definition) is 4. The standard InChI is InChI=1S/C19H21ClFN5O/c1-24-7-8-26-17(19(24)27)15(10-12-9-13(21)4-5-16(12)20)18(23-26)25-6-2-3-14(25)11-22/h4-5,7-9,14H,2-3,6,10-11,22H2,1H3. The van der Waals surface area contributed by atoms with Crippen LogP contribution in [0.1, 0.15) is 24.0 Å². The highest BCUT2D eigenvalue weighted by atomic mass is 35.5. The molecule has 1 fully saturated rings. The SMILES string of the molecule is Cn1ccn2nc(N3CCCC3CN)c(Cc3cc(F)ccc3Cl)c2c1=O. The number of fused-ring (bicyclic) bond motifs is 1. The lowest BCUT2D eigenvalue weighted by Crippen LogP contribution is -2.36. The molecule has 27 heavy (non-hydrogen) atoms. The van der Waals surface area contributed by atoms with Crippen molar-refractivity contribution < 1.29 is 4.39 Å². The first-order valence-electron chi connectivity index (χ1n) is 8.97. The lowest BCUT2D eigenvalue weighted by atomic mass is 10.0. The molecule has 3 aromatic rings. The van der Waals surface area contributed by atoms with Crippen LogP contribution in [-0.2, 0) is 13.5 Å². The molecule has 6 nitrogen and oxygen atoms in total. The van der Waals surface area contributed by atoms with Crippen molar-refractivity contribution in [3.63, 3.8) is 0 Å². The Hall–Kier alpha value is -2.38. The van der Waals surface area contributed by atoms with Crippen molar-refractivity contribution in [1.29, 1.82) is 0 Å². The van der Waals surface area contributed by atoms with Gasteiger partial charge >= 0.3 is 0 Å². The average molecular weight is 390 g/mol. The van der Waals surface area contributed by atoms with E-state index in [0.717, 1.165) is 30.8 Å². The Labute approximate surface area is 161 Å². The van der Waals surface area contributed by atoms with Crippen LogP contribution < -0.4 is 16.2 Å². The van der Waals surface area contributed by atoms with Crippen LogP contribution in [0.15, 0.2) is 35.4 Å². The number of halogens is 2. The minimum Gasteiger partial charge on any atom is -0.351 e. The predicted molar refractivity (Wildman–Crippen MR) is 104 cm³/mol. The number of rotatable bonds is 4. The Kier molecular flexibility index (Phi) is 4.65. The average Bonchev–Trinajstić information content (AvgIpc) is 3.26. The van der Waals surface area contributed by atoms with Crippen LogP contribution in [0.4, 0.5) is 10.2 Å². The Bertz CT molecular complexity index is 1060. The molecule has 142 valence electrons. The summed E-state index contributed by atoms with van der Waals surface area (Å²) >= 11 is 6.29. The summed E-state index contributed by atoms with van der Waals surface area (Å²) in [6.07, 6.45) is 5.76. The molecule has 0 amide bonds. The van der Waals surface area contributed by atoms with Crippen molar-refractivity contribution in [3.05, 3.63) is 62.9 Å². The molecule has 3 heterocycles. The van der Waals surface area contributed by atoms with Crippen LogP contribution in [0.3, 0.4) is 0 Å². The normalized spacial score (nSPS) is 17.2. The molecule has 0 saturated carbocycles. The lowest BCUT2D eigenvalue weighted by molar-refractivity contribution is 0.626. The molecule has 1 aliphatic heterocycles. The van der Waals surface area contributed by atoms with Crippen molar-refractivity contribution in [3.8, 4) is 0 Å². The fraction of sp³-hybridized carbons (Fsp3) is 0.368. The number of benzene rings is 1. The maximum absolute atomic E-state index is 13.8. The molecule has 0 radical (unpaired) electrons. The molecule has 1 unspecified atom stereocenters. The van der Waals surface area contributed by atoms with Gasteiger partial charge < -0.3 is 15.2 Å². The highest BCUT2D eigenvalue weighted by molar-refractivity contribution is 6.31. The molecule has 1 saturated heterocycles. The van der Waals surface area contributed by atoms with Gasteiger partial charge in [-0.15, -0.1) is 5.10 Å². The van der Waals surface area contributed by atoms with E-state index < -0.39 is 0 Å². The molecule has 1 aliphatic rings. The van der Waals surface area contributed by atoms with E-state index >= 15 is 0 Å². The molecule has 4 rings (SSSR count). The number of nitrogens with two attached hydrogens (primary N) is 1. The number of anilines is 1. The van der Waals surface area contributed by atoms with Crippen molar-refractivity contribution in [2.24, 2.45) is 12.8 Å². The van der Waals surface area contributed by atoms with Gasteiger partial charge in [0.25, 0.3) is 5.56 Å². The van der Waals surface area contributed by atoms with E-state index in [1.54, 1.807) is 24.0 Å². The molecule has 0 bridgehead atoms. The highest BCUT2D eigenvalue weighted by Crippen LogP contribution is 2.32. The molecular weight excluding hydrogens is 369 g/mol. The summed E-state index contributed by atoms with van der Waals surface area (Å²) in [4.78, 5) is 15.0. The summed E-state index contributed by atoms with van der Waals surface area (Å²) in [5.74, 6) is 0.368. The molecule has 1 aromatic carbocycles. The van der Waals surface area contributed by atoms with E-state index in [-0.39, 0.29) is 17.4 Å². The Morgan fingerprint density at radius 1 is 1.37 bits per heavy atom. The first-order chi connectivity index (χ1) is 13.0. The van der Waals surface area contributed by atoms with Crippen molar-refractivity contribution in [1.82, 2.24) is 14.2 Å². The first kappa shape index (κ1) is 18.0. The van der Waals surface area contributed by atoms with E-state index in [9.17, 15) is 9.18 Å². The van der Waals surface area contributed by atoms with Crippen LogP contribution >= 0.6 is 11.6 Å². The topological polar surface area (TPSA) is 68.6 Å². The fourth-order valence-electron chi connectivity index (χ4n) is 3.81. The van der Waals surface area contributed by atoms with E-state index in [1.807, 2.05) is 0 Å². The minimum atomic E-state index is -0.360. The molecule has 2 aromatic heterocycles. The molecular formula is C19H21ClFN5O. The van der Waals surface area contributed by atoms with Crippen LogP contribution in [0.5, 0.6) is 0 Å². The van der Waals surface area contributed by atoms with Crippen LogP contribution in [0, 0.1) is 5.82 Å². The Morgan fingerprint density at radius 2 is 2.19 bits per heavy atom. The van der Waals surface area contributed by atoms with Gasteiger partial charge in [0, 0.05) is 55.6 Å². The van der Waals surface area contributed by atoms with Gasteiger partial charge in [-0.05, 0) is 36.6 Å². The van der Waals surface area contributed by atoms with Crippen LogP contribution in [-0.4, -0.2) is 33.3 Å². The third-order valence-electron chi connectivity index (χ3n) is 5.24. The molecule has 8 heteroatoms. The number of aryl methyl sites for hydroxylation is 1. The summed E-state index contributed by atoms with van der Waals surface area (Å²) in [5.41, 5.74) is 7.66. The number of hydrogen-bond donors (Lipinski definition) is 1. The summed E-state index contributed by atoms with van der Waals surface area (Å²) < 4.78 is 16.9. The second-order valence-corrected chi connectivity index (χ2v) is 7.35. The van der Waals surface area contributed by atoms with Gasteiger partial charge in [0.1, 0.15) is 11.3 Å². The fourth-order valence-corrected chi connectivity index (χ4v) is 4.00. The molecule has 0 spiro atoms. The summed E-state index contributed by atoms with van der Waals surface area (Å²) in [6, 6.07) is 4.45. The van der Waals surface area contributed by atoms with E-state index in [4.69, 9.17) is 17.3 Å². The van der Waals surface area contributed by atoms with Gasteiger partial charge in [-0.2, -0.15) is 0 Å². The Balaban J connectivity index is 1.93. The quantitative estimate of drug-likeness (QED) is 0.743. The largest absolute Gasteiger partial charge is 0.351 e. The minimum absolute atomic E-state index is 0.151. The van der Waals surface area contributed by atoms with Crippen molar-refractivity contribution in [2.75, 3.05) is 18.0 Å². The third kappa shape index (κ3) is 3.11. The van der Waals surface area contributed by atoms with Gasteiger partial charge in [0.15, 0.2) is 5.82 Å². The van der Waals surface area contributed by atoms with Gasteiger partial charge in [0.05, 0.1) is 0 Å². The summed E-state index contributed by atoms with van der Waals surface area (Å²) in [6.45, 7) is 1.35. The smallest absolute Gasteiger partial charge is 0.276 e. The lowest BCUT2D eigenvalue weighted by Gasteiger charge is -2.24. The van der Waals surface area contributed by atoms with Gasteiger partial charge in [0.2, 0.25) is 0 Å². The second kappa shape index (κ2) is 6.98. The van der Waals surface area contributed by atoms with E-state index in [0.29, 0.717) is 29.1 Å². The number of nitrogens with zero attached hydrogens (tertiary/aromatic N) is 4. The molecule has 1 atom stereocenters. The van der Waals surface area contributed by atoms with E-state index in [2.05, 4.69) is 10.00 Å².